The Labute approximate surface area is 181 Å². The number of rotatable bonds is 4. The number of carbonyl (C=O) groups is 2. The highest BCUT2D eigenvalue weighted by Gasteiger charge is 2.38. The van der Waals surface area contributed by atoms with Crippen LogP contribution in [0, 0.1) is 23.0 Å². The second-order valence-electron chi connectivity index (χ2n) is 8.43. The predicted molar refractivity (Wildman–Crippen MR) is 120 cm³/mol. The quantitative estimate of drug-likeness (QED) is 0.426. The number of hydrogen-bond donors (Lipinski definition) is 0. The van der Waals surface area contributed by atoms with Crippen LogP contribution in [0.15, 0.2) is 42.5 Å². The van der Waals surface area contributed by atoms with Crippen molar-refractivity contribution in [3.05, 3.63) is 58.1 Å². The fourth-order valence-electron chi connectivity index (χ4n) is 4.42. The molecule has 2 aromatic carbocycles. The number of aryl methyl sites for hydroxylation is 1. The van der Waals surface area contributed by atoms with Crippen molar-refractivity contribution in [3.8, 4) is 0 Å². The van der Waals surface area contributed by atoms with E-state index >= 15 is 0 Å². The summed E-state index contributed by atoms with van der Waals surface area (Å²) in [5.41, 5.74) is 3.03. The van der Waals surface area contributed by atoms with Gasteiger partial charge in [0.1, 0.15) is 5.69 Å². The van der Waals surface area contributed by atoms with Gasteiger partial charge in [0.05, 0.1) is 10.6 Å². The Kier molecular flexibility index (Phi) is 5.39. The Morgan fingerprint density at radius 2 is 1.68 bits per heavy atom. The maximum absolute atomic E-state index is 12.3. The van der Waals surface area contributed by atoms with Crippen molar-refractivity contribution < 1.29 is 14.5 Å². The van der Waals surface area contributed by atoms with Crippen LogP contribution in [0.5, 0.6) is 0 Å². The highest BCUT2D eigenvalue weighted by molar-refractivity contribution is 6.21. The molecule has 0 N–H and O–H groups in total. The first kappa shape index (κ1) is 20.8. The SMILES string of the molecule is Cc1ccc(N2CCN(c3ccc(N4C(=O)C[C@H](C)C4=O)cc3[N+](=O)[O-])C[C@H]2C)cc1. The number of anilines is 3. The van der Waals surface area contributed by atoms with E-state index in [0.29, 0.717) is 18.8 Å². The van der Waals surface area contributed by atoms with Crippen molar-refractivity contribution in [2.24, 2.45) is 5.92 Å². The molecule has 0 radical (unpaired) electrons. The minimum Gasteiger partial charge on any atom is -0.365 e. The van der Waals surface area contributed by atoms with Crippen molar-refractivity contribution >= 4 is 34.6 Å². The summed E-state index contributed by atoms with van der Waals surface area (Å²) < 4.78 is 0. The van der Waals surface area contributed by atoms with Gasteiger partial charge in [-0.3, -0.25) is 24.6 Å². The van der Waals surface area contributed by atoms with Crippen molar-refractivity contribution in [2.45, 2.75) is 33.2 Å². The van der Waals surface area contributed by atoms with E-state index in [1.54, 1.807) is 19.1 Å². The third-order valence-electron chi connectivity index (χ3n) is 6.12. The lowest BCUT2D eigenvalue weighted by Crippen LogP contribution is -2.52. The molecule has 0 bridgehead atoms. The highest BCUT2D eigenvalue weighted by Crippen LogP contribution is 2.36. The van der Waals surface area contributed by atoms with Gasteiger partial charge in [0.15, 0.2) is 0 Å². The molecule has 0 aliphatic carbocycles. The topological polar surface area (TPSA) is 87.0 Å². The van der Waals surface area contributed by atoms with E-state index in [-0.39, 0.29) is 35.7 Å². The fourth-order valence-corrected chi connectivity index (χ4v) is 4.42. The van der Waals surface area contributed by atoms with Gasteiger partial charge in [-0.15, -0.1) is 0 Å². The number of hydrogen-bond acceptors (Lipinski definition) is 6. The number of nitro benzene ring substituents is 1. The van der Waals surface area contributed by atoms with Gasteiger partial charge in [-0.25, -0.2) is 0 Å². The molecule has 2 heterocycles. The number of nitro groups is 1. The van der Waals surface area contributed by atoms with Crippen molar-refractivity contribution in [1.29, 1.82) is 0 Å². The molecule has 0 saturated carbocycles. The van der Waals surface area contributed by atoms with Crippen LogP contribution in [-0.4, -0.2) is 42.4 Å². The van der Waals surface area contributed by atoms with Crippen LogP contribution in [0.2, 0.25) is 0 Å². The van der Waals surface area contributed by atoms with Gasteiger partial charge in [-0.1, -0.05) is 24.6 Å². The highest BCUT2D eigenvalue weighted by atomic mass is 16.6. The number of carbonyl (C=O) groups excluding carboxylic acids is 2. The van der Waals surface area contributed by atoms with Crippen molar-refractivity contribution in [2.75, 3.05) is 34.3 Å². The summed E-state index contributed by atoms with van der Waals surface area (Å²) in [7, 11) is 0. The molecule has 2 fully saturated rings. The number of imide groups is 1. The summed E-state index contributed by atoms with van der Waals surface area (Å²) in [6, 6.07) is 13.2. The molecule has 2 aliphatic rings. The Balaban J connectivity index is 1.58. The zero-order chi connectivity index (χ0) is 22.3. The maximum Gasteiger partial charge on any atom is 0.294 e. The lowest BCUT2D eigenvalue weighted by molar-refractivity contribution is -0.384. The van der Waals surface area contributed by atoms with Crippen LogP contribution < -0.4 is 14.7 Å². The number of nitrogens with zero attached hydrogens (tertiary/aromatic N) is 4. The second-order valence-corrected chi connectivity index (χ2v) is 8.43. The maximum atomic E-state index is 12.3. The molecule has 0 aromatic heterocycles. The summed E-state index contributed by atoms with van der Waals surface area (Å²) >= 11 is 0. The standard InChI is InChI=1S/C23H26N4O4/c1-15-4-6-18(7-5-15)25-11-10-24(14-17(25)3)20-9-8-19(13-21(20)27(30)31)26-22(28)12-16(2)23(26)29/h4-9,13,16-17H,10-12,14H2,1-3H3/t16-,17+/m0/s1. The van der Waals surface area contributed by atoms with Crippen LogP contribution >= 0.6 is 0 Å². The molecule has 162 valence electrons. The molecule has 2 amide bonds. The fraction of sp³-hybridized carbons (Fsp3) is 0.391. The van der Waals surface area contributed by atoms with Gasteiger partial charge < -0.3 is 9.80 Å². The Morgan fingerprint density at radius 3 is 2.26 bits per heavy atom. The molecule has 2 aromatic rings. The first-order valence-corrected chi connectivity index (χ1v) is 10.5. The first-order valence-electron chi connectivity index (χ1n) is 10.5. The Bertz CT molecular complexity index is 1040. The molecule has 8 heteroatoms. The molecular weight excluding hydrogens is 396 g/mol. The summed E-state index contributed by atoms with van der Waals surface area (Å²) in [6.45, 7) is 7.86. The minimum absolute atomic E-state index is 0.0892. The van der Waals surface area contributed by atoms with E-state index in [1.807, 2.05) is 4.90 Å². The van der Waals surface area contributed by atoms with Crippen LogP contribution in [0.4, 0.5) is 22.7 Å². The van der Waals surface area contributed by atoms with Crippen LogP contribution in [0.3, 0.4) is 0 Å². The van der Waals surface area contributed by atoms with E-state index in [9.17, 15) is 19.7 Å². The summed E-state index contributed by atoms with van der Waals surface area (Å²) in [5.74, 6) is -1.03. The summed E-state index contributed by atoms with van der Waals surface area (Å²) in [5, 5.41) is 11.8. The molecular formula is C23H26N4O4. The third-order valence-corrected chi connectivity index (χ3v) is 6.12. The Hall–Kier alpha value is -3.42. The van der Waals surface area contributed by atoms with E-state index in [4.69, 9.17) is 0 Å². The number of piperazine rings is 1. The van der Waals surface area contributed by atoms with E-state index < -0.39 is 10.8 Å². The van der Waals surface area contributed by atoms with Crippen molar-refractivity contribution in [3.63, 3.8) is 0 Å². The largest absolute Gasteiger partial charge is 0.365 e. The molecule has 31 heavy (non-hydrogen) atoms. The first-order chi connectivity index (χ1) is 14.8. The van der Waals surface area contributed by atoms with Gasteiger partial charge >= 0.3 is 0 Å². The lowest BCUT2D eigenvalue weighted by Gasteiger charge is -2.42. The molecule has 0 spiro atoms. The summed E-state index contributed by atoms with van der Waals surface area (Å²) in [4.78, 5) is 41.3. The molecule has 8 nitrogen and oxygen atoms in total. The predicted octanol–water partition coefficient (Wildman–Crippen LogP) is 3.52. The van der Waals surface area contributed by atoms with Gasteiger partial charge in [-0.05, 0) is 38.1 Å². The van der Waals surface area contributed by atoms with Crippen molar-refractivity contribution in [1.82, 2.24) is 0 Å². The smallest absolute Gasteiger partial charge is 0.294 e. The third kappa shape index (κ3) is 3.85. The van der Waals surface area contributed by atoms with E-state index in [1.165, 1.54) is 11.6 Å². The average Bonchev–Trinajstić information content (AvgIpc) is 2.99. The normalized spacial score (nSPS) is 21.7. The molecule has 2 aliphatic heterocycles. The van der Waals surface area contributed by atoms with E-state index in [0.717, 1.165) is 17.1 Å². The Morgan fingerprint density at radius 1 is 1.00 bits per heavy atom. The molecule has 2 saturated heterocycles. The lowest BCUT2D eigenvalue weighted by atomic mass is 10.1. The zero-order valence-electron chi connectivity index (χ0n) is 17.9. The summed E-state index contributed by atoms with van der Waals surface area (Å²) in [6.07, 6.45) is 0.132. The zero-order valence-corrected chi connectivity index (χ0v) is 17.9. The average molecular weight is 422 g/mol. The molecule has 0 unspecified atom stereocenters. The van der Waals surface area contributed by atoms with Crippen LogP contribution in [0.25, 0.3) is 0 Å². The monoisotopic (exact) mass is 422 g/mol. The van der Waals surface area contributed by atoms with Crippen LogP contribution in [-0.2, 0) is 9.59 Å². The number of benzene rings is 2. The van der Waals surface area contributed by atoms with Gasteiger partial charge in [0.25, 0.3) is 5.69 Å². The second kappa shape index (κ2) is 8.02. The number of amides is 2. The molecule has 4 rings (SSSR count). The van der Waals surface area contributed by atoms with Gasteiger partial charge in [0.2, 0.25) is 11.8 Å². The van der Waals surface area contributed by atoms with Crippen LogP contribution in [0.1, 0.15) is 25.8 Å². The van der Waals surface area contributed by atoms with E-state index in [2.05, 4.69) is 43.0 Å². The minimum atomic E-state index is -0.440. The van der Waals surface area contributed by atoms with Gasteiger partial charge in [0, 0.05) is 49.8 Å². The molecule has 2 atom stereocenters. The van der Waals surface area contributed by atoms with Gasteiger partial charge in [-0.2, -0.15) is 0 Å².